The van der Waals surface area contributed by atoms with Gasteiger partial charge in [-0.3, -0.25) is 57.5 Å². The molecule has 4 aromatic rings. The van der Waals surface area contributed by atoms with Crippen LogP contribution in [0.2, 0.25) is 0 Å². The molecular weight excluding hydrogens is 3040 g/mol. The number of amides is 12. The van der Waals surface area contributed by atoms with Crippen molar-refractivity contribution >= 4 is 365 Å². The third-order valence-electron chi connectivity index (χ3n) is 17.4. The van der Waals surface area contributed by atoms with Crippen LogP contribution >= 0.6 is 271 Å². The van der Waals surface area contributed by atoms with Crippen molar-refractivity contribution in [1.82, 2.24) is 42.5 Å². The second-order valence-electron chi connectivity index (χ2n) is 25.9. The number of carbonyl (C=O) groups excluding carboxylic acids is 12. The molecule has 0 aliphatic carbocycles. The van der Waals surface area contributed by atoms with Crippen LogP contribution in [0.25, 0.3) is 0 Å². The summed E-state index contributed by atoms with van der Waals surface area (Å²) in [5.41, 5.74) is -2.28. The van der Waals surface area contributed by atoms with Crippen LogP contribution in [-0.2, 0) is 19.2 Å². The van der Waals surface area contributed by atoms with Gasteiger partial charge in [0.15, 0.2) is 0 Å². The molecule has 126 heavy (non-hydrogen) atoms. The van der Waals surface area contributed by atoms with Gasteiger partial charge in [-0.1, -0.05) is 0 Å². The number of nitrogens with zero attached hydrogens (tertiary/aromatic N) is 4. The molecular formula is C70H88I12N12O32. The van der Waals surface area contributed by atoms with Gasteiger partial charge in [0, 0.05) is 40.5 Å². The fraction of sp³-hybridized carbons (Fsp3) is 0.486. The zero-order valence-corrected chi connectivity index (χ0v) is 91.1. The van der Waals surface area contributed by atoms with Crippen LogP contribution < -0.4 is 62.1 Å². The first kappa shape index (κ1) is 119. The Morgan fingerprint density at radius 2 is 0.294 bits per heavy atom. The molecule has 0 aliphatic heterocycles. The monoisotopic (exact) mass is 3130 g/mol. The number of anilines is 4. The lowest BCUT2D eigenvalue weighted by Crippen LogP contribution is -2.45. The second kappa shape index (κ2) is 59.5. The Morgan fingerprint density at radius 1 is 0.190 bits per heavy atom. The number of halogens is 12. The zero-order valence-electron chi connectivity index (χ0n) is 65.2. The van der Waals surface area contributed by atoms with E-state index in [0.717, 1.165) is 19.6 Å². The van der Waals surface area contributed by atoms with Gasteiger partial charge in [-0.15, -0.1) is 0 Å². The Hall–Kier alpha value is -1.52. The summed E-state index contributed by atoms with van der Waals surface area (Å²) in [4.78, 5) is 172. The Kier molecular flexibility index (Phi) is 56.0. The molecule has 0 aliphatic rings. The van der Waals surface area contributed by atoms with Crippen molar-refractivity contribution in [3.8, 4) is 0 Å². The van der Waals surface area contributed by atoms with Crippen molar-refractivity contribution in [3.05, 3.63) is 87.3 Å². The maximum absolute atomic E-state index is 14.5. The normalized spacial score (nSPS) is 11.4. The van der Waals surface area contributed by atoms with E-state index >= 15 is 0 Å². The van der Waals surface area contributed by atoms with Gasteiger partial charge in [0.25, 0.3) is 47.3 Å². The number of nitrogens with one attached hydrogen (secondary N) is 8. The van der Waals surface area contributed by atoms with Gasteiger partial charge >= 0.3 is 0 Å². The lowest BCUT2D eigenvalue weighted by atomic mass is 10.0. The number of hydrogen-bond donors (Lipinski definition) is 28. The summed E-state index contributed by atoms with van der Waals surface area (Å²) < 4.78 is 0.238. The third-order valence-corrected chi connectivity index (χ3v) is 30.1. The number of carbonyl (C=O) groups is 12. The number of hydrogen-bond acceptors (Lipinski definition) is 32. The van der Waals surface area contributed by atoms with Crippen molar-refractivity contribution in [3.63, 3.8) is 0 Å². The van der Waals surface area contributed by atoms with Gasteiger partial charge in [0.1, 0.15) is 12.8 Å². The smallest absolute Gasteiger partial charge is 0.253 e. The van der Waals surface area contributed by atoms with Gasteiger partial charge in [0.2, 0.25) is 23.6 Å². The van der Waals surface area contributed by atoms with Gasteiger partial charge in [-0.2, -0.15) is 0 Å². The van der Waals surface area contributed by atoms with E-state index in [1.165, 1.54) is 0 Å². The molecule has 0 fully saturated rings. The topological polar surface area (TPSA) is 719 Å². The van der Waals surface area contributed by atoms with Crippen molar-refractivity contribution in [1.29, 1.82) is 0 Å². The summed E-state index contributed by atoms with van der Waals surface area (Å²) in [6, 6.07) is -9.19. The molecule has 0 aromatic heterocycles. The van der Waals surface area contributed by atoms with Crippen LogP contribution in [0.4, 0.5) is 22.7 Å². The first-order chi connectivity index (χ1) is 59.7. The Balaban J connectivity index is 0.000000650. The highest BCUT2D eigenvalue weighted by atomic mass is 127. The Bertz CT molecular complexity index is 3760. The quantitative estimate of drug-likeness (QED) is 0.0145. The van der Waals surface area contributed by atoms with Gasteiger partial charge in [-0.05, 0) is 271 Å². The molecule has 0 saturated heterocycles. The number of rotatable bonds is 48. The summed E-state index contributed by atoms with van der Waals surface area (Å²) >= 11 is 20.6. The molecule has 0 atom stereocenters. The minimum atomic E-state index is -1.15. The van der Waals surface area contributed by atoms with E-state index in [4.69, 9.17) is 0 Å². The van der Waals surface area contributed by atoms with E-state index in [-0.39, 0.29) is 110 Å². The summed E-state index contributed by atoms with van der Waals surface area (Å²) in [5.74, 6) is -11.3. The SMILES string of the molecule is O=C(NC(CO)CO)c1c(I)c(C(=O)NC(CO)CO)c(I)c(N(CCO)C(=O)CC(=O)N(CCO)c2c(I)c(C(=O)NC(CO)CO)c(I)c(C(=O)NC(CO)CO)c2I)c1I.O=C(NC(CO)CO)c1c(I)c(C(=O)NC(CO)CO)c(I)c(N(CCO)C(=O)CC(=O)N(CCO)c2c(I)c(C(=O)NC(CO)CO)c(I)c(C(=O)NC(CO)CO)c2I)c1I. The van der Waals surface area contributed by atoms with E-state index in [0.29, 0.717) is 0 Å². The predicted octanol–water partition coefficient (Wildman–Crippen LogP) is -5.23. The number of aliphatic hydroxyl groups excluding tert-OH is 20. The van der Waals surface area contributed by atoms with E-state index < -0.39 is 290 Å². The molecule has 0 unspecified atom stereocenters. The van der Waals surface area contributed by atoms with Crippen LogP contribution in [0, 0.1) is 42.8 Å². The fourth-order valence-corrected chi connectivity index (χ4v) is 29.8. The molecule has 0 spiro atoms. The minimum Gasteiger partial charge on any atom is -0.395 e. The van der Waals surface area contributed by atoms with Crippen LogP contribution in [0.3, 0.4) is 0 Å². The first-order valence-electron chi connectivity index (χ1n) is 36.4. The molecule has 28 N–H and O–H groups in total. The summed E-state index contributed by atoms with van der Waals surface area (Å²) in [7, 11) is 0. The summed E-state index contributed by atoms with van der Waals surface area (Å²) in [5, 5.41) is 215. The van der Waals surface area contributed by atoms with Crippen molar-refractivity contribution in [2.45, 2.75) is 61.2 Å². The fourth-order valence-electron chi connectivity index (χ4n) is 10.9. The van der Waals surface area contributed by atoms with E-state index in [2.05, 4.69) is 42.5 Å². The third kappa shape index (κ3) is 30.7. The van der Waals surface area contributed by atoms with E-state index in [9.17, 15) is 160 Å². The highest BCUT2D eigenvalue weighted by molar-refractivity contribution is 14.1. The van der Waals surface area contributed by atoms with Crippen LogP contribution in [0.1, 0.15) is 95.7 Å². The molecule has 0 radical (unpaired) electrons. The van der Waals surface area contributed by atoms with Crippen molar-refractivity contribution in [2.24, 2.45) is 0 Å². The maximum atomic E-state index is 14.5. The number of aliphatic hydroxyl groups is 20. The summed E-state index contributed by atoms with van der Waals surface area (Å²) in [6.45, 7) is -15.8. The molecule has 704 valence electrons. The molecule has 4 rings (SSSR count). The van der Waals surface area contributed by atoms with Crippen LogP contribution in [-0.4, -0.2) is 380 Å². The number of benzene rings is 4. The average Bonchev–Trinajstić information content (AvgIpc) is 0.764. The Labute approximate surface area is 881 Å². The lowest BCUT2D eigenvalue weighted by Gasteiger charge is -2.30. The molecule has 44 nitrogen and oxygen atoms in total. The zero-order chi connectivity index (χ0) is 95.8. The highest BCUT2D eigenvalue weighted by Crippen LogP contribution is 2.44. The van der Waals surface area contributed by atoms with E-state index in [1.54, 1.807) is 271 Å². The molecule has 12 amide bonds. The molecule has 0 saturated carbocycles. The highest BCUT2D eigenvalue weighted by Gasteiger charge is 2.41. The molecule has 0 bridgehead atoms. The standard InChI is InChI=1S/2C35H44I6N6O16/c2*36-24-20(32(60)42-14(6-50)7-51)26(38)30(27(39)21(24)33(61)43-15(8-52)9-53)46(1-3-48)18(58)5-19(59)47(2-4-49)31-28(40)22(34(62)44-16(10-54)11-55)25(37)23(29(31)41)35(63)45-17(12-56)13-57/h2*14-17,48-57H,1-13H2,(H,42,60)(H,43,61)(H,44,62)(H,45,63). The summed E-state index contributed by atoms with van der Waals surface area (Å²) in [6.07, 6.45) is -2.07. The van der Waals surface area contributed by atoms with Crippen LogP contribution in [0.15, 0.2) is 0 Å². The Morgan fingerprint density at radius 3 is 0.381 bits per heavy atom. The molecule has 0 heterocycles. The average molecular weight is 3130 g/mol. The molecule has 4 aromatic carbocycles. The largest absolute Gasteiger partial charge is 0.395 e. The lowest BCUT2D eigenvalue weighted by molar-refractivity contribution is -0.128. The van der Waals surface area contributed by atoms with Crippen molar-refractivity contribution in [2.75, 3.05) is 178 Å². The van der Waals surface area contributed by atoms with Crippen LogP contribution in [0.5, 0.6) is 0 Å². The van der Waals surface area contributed by atoms with Gasteiger partial charge in [0.05, 0.1) is 276 Å². The van der Waals surface area contributed by atoms with Gasteiger partial charge in [-0.25, -0.2) is 0 Å². The minimum absolute atomic E-state index is 0.0159. The predicted molar refractivity (Wildman–Crippen MR) is 549 cm³/mol. The van der Waals surface area contributed by atoms with Crippen molar-refractivity contribution < 1.29 is 160 Å². The van der Waals surface area contributed by atoms with E-state index in [1.807, 2.05) is 0 Å². The first-order valence-corrected chi connectivity index (χ1v) is 49.3. The maximum Gasteiger partial charge on any atom is 0.253 e. The molecule has 56 heteroatoms. The van der Waals surface area contributed by atoms with Gasteiger partial charge < -0.3 is 164 Å². The second-order valence-corrected chi connectivity index (χ2v) is 38.8.